The van der Waals surface area contributed by atoms with Crippen molar-refractivity contribution in [1.82, 2.24) is 10.6 Å². The van der Waals surface area contributed by atoms with Crippen molar-refractivity contribution in [2.45, 2.75) is 17.9 Å². The van der Waals surface area contributed by atoms with Crippen LogP contribution in [0.15, 0.2) is 58.6 Å². The van der Waals surface area contributed by atoms with Gasteiger partial charge in [0.05, 0.1) is 41.0 Å². The molecule has 2 N–H and O–H groups in total. The lowest BCUT2D eigenvalue weighted by Crippen LogP contribution is -2.47. The Kier molecular flexibility index (Phi) is 7.05. The number of benzene rings is 2. The van der Waals surface area contributed by atoms with E-state index in [9.17, 15) is 22.4 Å². The molecule has 1 aliphatic heterocycles. The first-order valence-corrected chi connectivity index (χ1v) is 11.5. The van der Waals surface area contributed by atoms with E-state index in [4.69, 9.17) is 21.1 Å². The van der Waals surface area contributed by atoms with E-state index in [2.05, 4.69) is 10.6 Å². The van der Waals surface area contributed by atoms with E-state index in [1.54, 1.807) is 31.2 Å². The van der Waals surface area contributed by atoms with Gasteiger partial charge in [0.1, 0.15) is 11.6 Å². The minimum absolute atomic E-state index is 0.0364. The fourth-order valence-electron chi connectivity index (χ4n) is 3.20. The number of amides is 2. The van der Waals surface area contributed by atoms with Gasteiger partial charge in [-0.2, -0.15) is 0 Å². The number of nitrogens with one attached hydrogen (secondary N) is 2. The van der Waals surface area contributed by atoms with Crippen molar-refractivity contribution in [3.8, 4) is 5.75 Å². The van der Waals surface area contributed by atoms with Crippen LogP contribution in [0.25, 0.3) is 0 Å². The molecule has 0 unspecified atom stereocenters. The summed E-state index contributed by atoms with van der Waals surface area (Å²) in [6.07, 6.45) is 0. The van der Waals surface area contributed by atoms with Crippen molar-refractivity contribution < 1.29 is 31.9 Å². The van der Waals surface area contributed by atoms with E-state index in [1.807, 2.05) is 0 Å². The Balaban J connectivity index is 2.11. The molecule has 2 amide bonds. The number of carbonyl (C=O) groups is 2. The lowest BCUT2D eigenvalue weighted by Gasteiger charge is -2.29. The van der Waals surface area contributed by atoms with Crippen molar-refractivity contribution in [3.63, 3.8) is 0 Å². The zero-order chi connectivity index (χ0) is 23.5. The highest BCUT2D eigenvalue weighted by Crippen LogP contribution is 2.31. The molecule has 8 nitrogen and oxygen atoms in total. The van der Waals surface area contributed by atoms with Crippen molar-refractivity contribution in [3.05, 3.63) is 70.1 Å². The van der Waals surface area contributed by atoms with Gasteiger partial charge in [-0.1, -0.05) is 23.7 Å². The molecule has 0 fully saturated rings. The summed E-state index contributed by atoms with van der Waals surface area (Å²) in [6.45, 7) is 1.64. The molecule has 32 heavy (non-hydrogen) atoms. The number of urea groups is 1. The summed E-state index contributed by atoms with van der Waals surface area (Å²) >= 11 is 5.72. The van der Waals surface area contributed by atoms with Crippen LogP contribution in [0.4, 0.5) is 9.18 Å². The number of ether oxygens (including phenoxy) is 2. The Labute approximate surface area is 189 Å². The number of carbonyl (C=O) groups excluding carboxylic acids is 2. The molecule has 0 aromatic heterocycles. The second-order valence-corrected chi connectivity index (χ2v) is 9.15. The fourth-order valence-corrected chi connectivity index (χ4v) is 4.79. The predicted octanol–water partition coefficient (Wildman–Crippen LogP) is 3.13. The number of hydrogen-bond acceptors (Lipinski definition) is 6. The minimum atomic E-state index is -4.11. The molecule has 1 heterocycles. The Morgan fingerprint density at radius 2 is 1.97 bits per heavy atom. The molecular weight excluding hydrogens is 463 g/mol. The zero-order valence-electron chi connectivity index (χ0n) is 17.1. The largest absolute Gasteiger partial charge is 0.497 e. The molecule has 3 rings (SSSR count). The van der Waals surface area contributed by atoms with Gasteiger partial charge in [0.2, 0.25) is 0 Å². The number of halogens is 2. The van der Waals surface area contributed by atoms with Gasteiger partial charge in [-0.25, -0.2) is 22.4 Å². The second-order valence-electron chi connectivity index (χ2n) is 6.76. The average Bonchev–Trinajstić information content (AvgIpc) is 2.75. The molecule has 0 spiro atoms. The lowest BCUT2D eigenvalue weighted by molar-refractivity contribution is -0.139. The van der Waals surface area contributed by atoms with E-state index < -0.39 is 39.4 Å². The third kappa shape index (κ3) is 5.03. The van der Waals surface area contributed by atoms with Crippen LogP contribution in [0.3, 0.4) is 0 Å². The van der Waals surface area contributed by atoms with Gasteiger partial charge in [0.15, 0.2) is 9.84 Å². The van der Waals surface area contributed by atoms with Crippen molar-refractivity contribution >= 4 is 33.4 Å². The molecule has 0 saturated carbocycles. The summed E-state index contributed by atoms with van der Waals surface area (Å²) in [6, 6.07) is 7.89. The first-order valence-electron chi connectivity index (χ1n) is 9.45. The highest BCUT2D eigenvalue weighted by atomic mass is 35.5. The Morgan fingerprint density at radius 1 is 1.22 bits per heavy atom. The molecule has 11 heteroatoms. The predicted molar refractivity (Wildman–Crippen MR) is 115 cm³/mol. The average molecular weight is 483 g/mol. The summed E-state index contributed by atoms with van der Waals surface area (Å²) in [5.41, 5.74) is 0.263. The maximum absolute atomic E-state index is 13.5. The maximum atomic E-state index is 13.5. The van der Waals surface area contributed by atoms with Crippen LogP contribution < -0.4 is 15.4 Å². The first-order chi connectivity index (χ1) is 15.2. The molecule has 1 atom stereocenters. The quantitative estimate of drug-likeness (QED) is 0.463. The summed E-state index contributed by atoms with van der Waals surface area (Å²) in [7, 11) is -2.64. The Bertz CT molecular complexity index is 1200. The summed E-state index contributed by atoms with van der Waals surface area (Å²) < 4.78 is 49.8. The molecule has 170 valence electrons. The van der Waals surface area contributed by atoms with Gasteiger partial charge in [0.25, 0.3) is 0 Å². The van der Waals surface area contributed by atoms with Crippen LogP contribution in [0, 0.1) is 5.82 Å². The smallest absolute Gasteiger partial charge is 0.338 e. The van der Waals surface area contributed by atoms with Crippen LogP contribution in [-0.2, 0) is 19.4 Å². The van der Waals surface area contributed by atoms with Gasteiger partial charge >= 0.3 is 12.0 Å². The minimum Gasteiger partial charge on any atom is -0.497 e. The molecule has 0 aliphatic carbocycles. The first kappa shape index (κ1) is 23.6. The molecule has 1 aliphatic rings. The van der Waals surface area contributed by atoms with Gasteiger partial charge in [-0.15, -0.1) is 0 Å². The van der Waals surface area contributed by atoms with E-state index in [0.717, 1.165) is 18.2 Å². The highest BCUT2D eigenvalue weighted by molar-refractivity contribution is 7.91. The number of methoxy groups -OCH3 is 1. The third-order valence-corrected chi connectivity index (χ3v) is 6.59. The van der Waals surface area contributed by atoms with Crippen LogP contribution in [0.1, 0.15) is 18.5 Å². The number of esters is 1. The van der Waals surface area contributed by atoms with E-state index in [-0.39, 0.29) is 27.8 Å². The Hall–Kier alpha value is -3.11. The van der Waals surface area contributed by atoms with Gasteiger partial charge in [-0.3, -0.25) is 0 Å². The van der Waals surface area contributed by atoms with Gasteiger partial charge < -0.3 is 20.1 Å². The monoisotopic (exact) mass is 482 g/mol. The summed E-state index contributed by atoms with van der Waals surface area (Å²) in [5, 5.41) is 4.65. The second kappa shape index (κ2) is 9.58. The third-order valence-electron chi connectivity index (χ3n) is 4.66. The highest BCUT2D eigenvalue weighted by Gasteiger charge is 2.36. The lowest BCUT2D eigenvalue weighted by atomic mass is 9.95. The molecule has 0 saturated heterocycles. The van der Waals surface area contributed by atoms with Crippen molar-refractivity contribution in [2.75, 3.05) is 19.5 Å². The molecule has 0 radical (unpaired) electrons. The number of hydrogen-bond donors (Lipinski definition) is 2. The standard InChI is InChI=1S/C21H20ClFN2O6S/c1-3-31-20(26)18-17(11-32(28,29)14-7-8-16(23)15(22)10-14)24-21(27)25-19(18)12-5-4-6-13(9-12)30-2/h4-10,19H,3,11H2,1-2H3,(H2,24,25,27)/t19-/m1/s1. The van der Waals surface area contributed by atoms with Crippen molar-refractivity contribution in [2.24, 2.45) is 0 Å². The van der Waals surface area contributed by atoms with Crippen LogP contribution in [0.2, 0.25) is 5.02 Å². The van der Waals surface area contributed by atoms with Crippen LogP contribution in [0.5, 0.6) is 5.75 Å². The summed E-state index contributed by atoms with van der Waals surface area (Å²) in [5.74, 6) is -1.83. The van der Waals surface area contributed by atoms with Crippen molar-refractivity contribution in [1.29, 1.82) is 0 Å². The zero-order valence-corrected chi connectivity index (χ0v) is 18.7. The number of sulfone groups is 1. The van der Waals surface area contributed by atoms with Crippen LogP contribution >= 0.6 is 11.6 Å². The molecule has 0 bridgehead atoms. The molecular formula is C21H20ClFN2O6S. The van der Waals surface area contributed by atoms with E-state index in [1.165, 1.54) is 7.11 Å². The van der Waals surface area contributed by atoms with Gasteiger partial charge in [0, 0.05) is 5.70 Å². The fraction of sp³-hybridized carbons (Fsp3) is 0.238. The SMILES string of the molecule is CCOC(=O)C1=C(CS(=O)(=O)c2ccc(F)c(Cl)c2)NC(=O)N[C@@H]1c1cccc(OC)c1. The molecule has 2 aromatic rings. The topological polar surface area (TPSA) is 111 Å². The summed E-state index contributed by atoms with van der Waals surface area (Å²) in [4.78, 5) is 24.9. The number of rotatable bonds is 7. The van der Waals surface area contributed by atoms with Crippen LogP contribution in [-0.4, -0.2) is 39.9 Å². The van der Waals surface area contributed by atoms with Gasteiger partial charge in [-0.05, 0) is 42.8 Å². The van der Waals surface area contributed by atoms with E-state index in [0.29, 0.717) is 11.3 Å². The Morgan fingerprint density at radius 3 is 2.62 bits per heavy atom. The molecule has 2 aromatic carbocycles. The normalized spacial score (nSPS) is 16.2. The van der Waals surface area contributed by atoms with E-state index >= 15 is 0 Å². The maximum Gasteiger partial charge on any atom is 0.338 e.